The third-order valence-corrected chi connectivity index (χ3v) is 2.96. The van der Waals surface area contributed by atoms with Gasteiger partial charge in [0.1, 0.15) is 5.75 Å². The van der Waals surface area contributed by atoms with E-state index in [-0.39, 0.29) is 0 Å². The Morgan fingerprint density at radius 2 is 2.23 bits per heavy atom. The molecule has 2 rings (SSSR count). The maximum Gasteiger partial charge on any atom is 0.115 e. The molecule has 0 spiro atoms. The molecule has 0 aromatic heterocycles. The number of benzene rings is 1. The molecule has 0 saturated heterocycles. The van der Waals surface area contributed by atoms with Gasteiger partial charge in [-0.3, -0.25) is 0 Å². The smallest absolute Gasteiger partial charge is 0.115 e. The zero-order chi connectivity index (χ0) is 9.26. The second kappa shape index (κ2) is 3.68. The maximum absolute atomic E-state index is 9.27. The highest BCUT2D eigenvalue weighted by atomic mass is 79.9. The molecule has 0 bridgehead atoms. The van der Waals surface area contributed by atoms with Crippen molar-refractivity contribution in [2.75, 3.05) is 0 Å². The Bertz CT molecular complexity index is 310. The number of nitrogens with one attached hydrogen (secondary N) is 1. The van der Waals surface area contributed by atoms with Crippen LogP contribution in [0.15, 0.2) is 22.7 Å². The number of halogens is 1. The lowest BCUT2D eigenvalue weighted by atomic mass is 10.2. The predicted molar refractivity (Wildman–Crippen MR) is 55.7 cm³/mol. The lowest BCUT2D eigenvalue weighted by Crippen LogP contribution is -2.15. The van der Waals surface area contributed by atoms with Crippen molar-refractivity contribution in [3.05, 3.63) is 28.2 Å². The van der Waals surface area contributed by atoms with E-state index in [9.17, 15) is 5.11 Å². The molecule has 2 nitrogen and oxygen atoms in total. The molecule has 70 valence electrons. The van der Waals surface area contributed by atoms with E-state index in [0.29, 0.717) is 11.8 Å². The topological polar surface area (TPSA) is 32.3 Å². The van der Waals surface area contributed by atoms with Gasteiger partial charge >= 0.3 is 0 Å². The number of phenolic OH excluding ortho intramolecular Hbond substituents is 1. The van der Waals surface area contributed by atoms with Crippen molar-refractivity contribution in [2.45, 2.75) is 25.4 Å². The van der Waals surface area contributed by atoms with Gasteiger partial charge in [0.25, 0.3) is 0 Å². The van der Waals surface area contributed by atoms with Crippen LogP contribution >= 0.6 is 15.9 Å². The highest BCUT2D eigenvalue weighted by molar-refractivity contribution is 9.10. The van der Waals surface area contributed by atoms with Gasteiger partial charge < -0.3 is 10.4 Å². The fourth-order valence-electron chi connectivity index (χ4n) is 1.24. The van der Waals surface area contributed by atoms with Crippen molar-refractivity contribution in [3.63, 3.8) is 0 Å². The molecule has 1 aliphatic rings. The molecule has 0 amide bonds. The average Bonchev–Trinajstić information content (AvgIpc) is 2.90. The molecule has 13 heavy (non-hydrogen) atoms. The van der Waals surface area contributed by atoms with Crippen molar-refractivity contribution in [1.29, 1.82) is 0 Å². The summed E-state index contributed by atoms with van der Waals surface area (Å²) in [6.45, 7) is 0.833. The van der Waals surface area contributed by atoms with E-state index in [1.165, 1.54) is 12.8 Å². The van der Waals surface area contributed by atoms with E-state index < -0.39 is 0 Å². The Balaban J connectivity index is 2.03. The first-order chi connectivity index (χ1) is 6.25. The van der Waals surface area contributed by atoms with Crippen LogP contribution in [0, 0.1) is 0 Å². The van der Waals surface area contributed by atoms with Crippen LogP contribution in [-0.2, 0) is 6.54 Å². The first kappa shape index (κ1) is 9.03. The van der Waals surface area contributed by atoms with E-state index in [1.807, 2.05) is 6.07 Å². The standard InChI is InChI=1S/C10H12BrNO/c11-10-4-3-9(13)5-7(10)6-12-8-1-2-8/h3-5,8,12-13H,1-2,6H2. The molecule has 1 aromatic rings. The van der Waals surface area contributed by atoms with Gasteiger partial charge in [-0.1, -0.05) is 15.9 Å². The molecule has 1 aliphatic carbocycles. The minimum Gasteiger partial charge on any atom is -0.508 e. The SMILES string of the molecule is Oc1ccc(Br)c(CNC2CC2)c1. The maximum atomic E-state index is 9.27. The van der Waals surface area contributed by atoms with Crippen molar-refractivity contribution in [3.8, 4) is 5.75 Å². The van der Waals surface area contributed by atoms with Gasteiger partial charge in [-0.2, -0.15) is 0 Å². The van der Waals surface area contributed by atoms with E-state index in [4.69, 9.17) is 0 Å². The van der Waals surface area contributed by atoms with Crippen LogP contribution in [0.25, 0.3) is 0 Å². The van der Waals surface area contributed by atoms with Crippen LogP contribution in [0.2, 0.25) is 0 Å². The highest BCUT2D eigenvalue weighted by Gasteiger charge is 2.20. The van der Waals surface area contributed by atoms with Crippen molar-refractivity contribution in [1.82, 2.24) is 5.32 Å². The molecule has 2 N–H and O–H groups in total. The zero-order valence-corrected chi connectivity index (χ0v) is 8.84. The van der Waals surface area contributed by atoms with Crippen molar-refractivity contribution >= 4 is 15.9 Å². The summed E-state index contributed by atoms with van der Waals surface area (Å²) in [5.74, 6) is 0.329. The normalized spacial score (nSPS) is 16.1. The molecule has 1 fully saturated rings. The first-order valence-electron chi connectivity index (χ1n) is 4.46. The molecular weight excluding hydrogens is 230 g/mol. The Kier molecular flexibility index (Phi) is 2.56. The summed E-state index contributed by atoms with van der Waals surface area (Å²) in [4.78, 5) is 0. The monoisotopic (exact) mass is 241 g/mol. The minimum absolute atomic E-state index is 0.329. The Hall–Kier alpha value is -0.540. The third-order valence-electron chi connectivity index (χ3n) is 2.19. The second-order valence-electron chi connectivity index (χ2n) is 3.43. The molecule has 0 radical (unpaired) electrons. The van der Waals surface area contributed by atoms with Crippen LogP contribution < -0.4 is 5.32 Å². The zero-order valence-electron chi connectivity index (χ0n) is 7.26. The molecule has 0 aliphatic heterocycles. The molecule has 3 heteroatoms. The van der Waals surface area contributed by atoms with Crippen molar-refractivity contribution < 1.29 is 5.11 Å². The Labute approximate surface area is 86.1 Å². The van der Waals surface area contributed by atoms with Gasteiger partial charge in [0, 0.05) is 17.1 Å². The van der Waals surface area contributed by atoms with Crippen molar-refractivity contribution in [2.24, 2.45) is 0 Å². The van der Waals surface area contributed by atoms with Crippen LogP contribution in [-0.4, -0.2) is 11.1 Å². The summed E-state index contributed by atoms with van der Waals surface area (Å²) < 4.78 is 1.05. The van der Waals surface area contributed by atoms with Crippen LogP contribution in [0.1, 0.15) is 18.4 Å². The van der Waals surface area contributed by atoms with Crippen LogP contribution in [0.5, 0.6) is 5.75 Å². The number of hydrogen-bond acceptors (Lipinski definition) is 2. The molecule has 0 unspecified atom stereocenters. The summed E-state index contributed by atoms with van der Waals surface area (Å²) in [7, 11) is 0. The predicted octanol–water partition coefficient (Wildman–Crippen LogP) is 2.41. The van der Waals surface area contributed by atoms with Gasteiger partial charge in [-0.05, 0) is 36.6 Å². The summed E-state index contributed by atoms with van der Waals surface area (Å²) in [5, 5.41) is 12.7. The molecule has 0 atom stereocenters. The average molecular weight is 242 g/mol. The first-order valence-corrected chi connectivity index (χ1v) is 5.26. The fourth-order valence-corrected chi connectivity index (χ4v) is 1.63. The Morgan fingerprint density at radius 1 is 1.46 bits per heavy atom. The van der Waals surface area contributed by atoms with Gasteiger partial charge in [-0.15, -0.1) is 0 Å². The van der Waals surface area contributed by atoms with Crippen LogP contribution in [0.4, 0.5) is 0 Å². The fraction of sp³-hybridized carbons (Fsp3) is 0.400. The summed E-state index contributed by atoms with van der Waals surface area (Å²) in [5.41, 5.74) is 1.12. The van der Waals surface area contributed by atoms with E-state index in [2.05, 4.69) is 21.2 Å². The van der Waals surface area contributed by atoms with E-state index in [1.54, 1.807) is 12.1 Å². The van der Waals surface area contributed by atoms with Crippen LogP contribution in [0.3, 0.4) is 0 Å². The number of aromatic hydroxyl groups is 1. The van der Waals surface area contributed by atoms with E-state index in [0.717, 1.165) is 16.6 Å². The lowest BCUT2D eigenvalue weighted by Gasteiger charge is -2.05. The Morgan fingerprint density at radius 3 is 2.92 bits per heavy atom. The quantitative estimate of drug-likeness (QED) is 0.853. The molecule has 1 aromatic carbocycles. The molecule has 1 saturated carbocycles. The molecular formula is C10H12BrNO. The summed E-state index contributed by atoms with van der Waals surface area (Å²) in [6.07, 6.45) is 2.58. The number of rotatable bonds is 3. The van der Waals surface area contributed by atoms with Gasteiger partial charge in [0.05, 0.1) is 0 Å². The van der Waals surface area contributed by atoms with E-state index >= 15 is 0 Å². The highest BCUT2D eigenvalue weighted by Crippen LogP contribution is 2.24. The minimum atomic E-state index is 0.329. The largest absolute Gasteiger partial charge is 0.508 e. The summed E-state index contributed by atoms with van der Waals surface area (Å²) >= 11 is 3.45. The van der Waals surface area contributed by atoms with Gasteiger partial charge in [0.15, 0.2) is 0 Å². The van der Waals surface area contributed by atoms with Gasteiger partial charge in [0.2, 0.25) is 0 Å². The lowest BCUT2D eigenvalue weighted by molar-refractivity contribution is 0.474. The number of hydrogen-bond donors (Lipinski definition) is 2. The van der Waals surface area contributed by atoms with Gasteiger partial charge in [-0.25, -0.2) is 0 Å². The summed E-state index contributed by atoms with van der Waals surface area (Å²) in [6, 6.07) is 6.05. The molecule has 0 heterocycles. The number of phenols is 1. The third kappa shape index (κ3) is 2.45. The second-order valence-corrected chi connectivity index (χ2v) is 4.29.